The molecule has 0 saturated heterocycles. The fourth-order valence-corrected chi connectivity index (χ4v) is 3.18. The molecular formula is C18H16N2O3. The van der Waals surface area contributed by atoms with Crippen molar-refractivity contribution in [2.24, 2.45) is 14.1 Å². The van der Waals surface area contributed by atoms with Crippen molar-refractivity contribution in [2.45, 2.75) is 12.8 Å². The fraction of sp³-hybridized carbons (Fsp3) is 0.222. The highest BCUT2D eigenvalue weighted by atomic mass is 16.3. The summed E-state index contributed by atoms with van der Waals surface area (Å²) in [7, 11) is 3.11. The topological polar surface area (TPSA) is 57.1 Å². The Morgan fingerprint density at radius 3 is 2.61 bits per heavy atom. The summed E-state index contributed by atoms with van der Waals surface area (Å²) in [6.07, 6.45) is 13.6. The highest BCUT2D eigenvalue weighted by Crippen LogP contribution is 2.31. The average Bonchev–Trinajstić information content (AvgIpc) is 2.71. The second-order valence-corrected chi connectivity index (χ2v) is 5.96. The maximum atomic E-state index is 12.6. The Labute approximate surface area is 132 Å². The van der Waals surface area contributed by atoms with Gasteiger partial charge in [-0.1, -0.05) is 42.0 Å². The lowest BCUT2D eigenvalue weighted by Gasteiger charge is -2.09. The van der Waals surface area contributed by atoms with E-state index in [1.165, 1.54) is 22.8 Å². The van der Waals surface area contributed by atoms with Crippen molar-refractivity contribution < 1.29 is 4.42 Å². The van der Waals surface area contributed by atoms with E-state index in [2.05, 4.69) is 12.2 Å². The Morgan fingerprint density at radius 1 is 1.00 bits per heavy atom. The molecular weight excluding hydrogens is 292 g/mol. The van der Waals surface area contributed by atoms with E-state index in [9.17, 15) is 9.59 Å². The molecule has 0 radical (unpaired) electrons. The number of hydrogen-bond donors (Lipinski definition) is 0. The monoisotopic (exact) mass is 308 g/mol. The lowest BCUT2D eigenvalue weighted by molar-refractivity contribution is 0.522. The van der Waals surface area contributed by atoms with E-state index >= 15 is 0 Å². The molecule has 2 bridgehead atoms. The van der Waals surface area contributed by atoms with Crippen molar-refractivity contribution in [3.63, 3.8) is 0 Å². The van der Waals surface area contributed by atoms with Crippen LogP contribution in [0.4, 0.5) is 0 Å². The van der Waals surface area contributed by atoms with Crippen LogP contribution in [0, 0.1) is 0 Å². The number of rotatable bonds is 0. The summed E-state index contributed by atoms with van der Waals surface area (Å²) in [6, 6.07) is 0. The van der Waals surface area contributed by atoms with Gasteiger partial charge in [-0.05, 0) is 12.0 Å². The van der Waals surface area contributed by atoms with E-state index in [1.807, 2.05) is 24.3 Å². The second-order valence-electron chi connectivity index (χ2n) is 5.96. The molecule has 5 nitrogen and oxygen atoms in total. The number of fused-ring (bicyclic) bond motifs is 5. The first kappa shape index (κ1) is 13.8. The van der Waals surface area contributed by atoms with Gasteiger partial charge in [0.2, 0.25) is 5.71 Å². The quantitative estimate of drug-likeness (QED) is 0.750. The van der Waals surface area contributed by atoms with Crippen LogP contribution in [-0.2, 0) is 20.5 Å². The van der Waals surface area contributed by atoms with Gasteiger partial charge >= 0.3 is 5.69 Å². The summed E-state index contributed by atoms with van der Waals surface area (Å²) >= 11 is 0. The fourth-order valence-electron chi connectivity index (χ4n) is 3.18. The number of aromatic nitrogens is 2. The van der Waals surface area contributed by atoms with Gasteiger partial charge < -0.3 is 4.42 Å². The van der Waals surface area contributed by atoms with Gasteiger partial charge in [-0.3, -0.25) is 13.9 Å². The first-order valence-electron chi connectivity index (χ1n) is 7.51. The minimum Gasteiger partial charge on any atom is -0.443 e. The third kappa shape index (κ3) is 2.00. The molecule has 2 aliphatic carbocycles. The predicted molar refractivity (Wildman–Crippen MR) is 89.4 cm³/mol. The number of furan rings is 1. The van der Waals surface area contributed by atoms with Gasteiger partial charge in [-0.25, -0.2) is 4.79 Å². The smallest absolute Gasteiger partial charge is 0.333 e. The molecule has 2 aliphatic rings. The minimum absolute atomic E-state index is 0.317. The number of allylic oxidation sites excluding steroid dienone is 7. The van der Waals surface area contributed by atoms with Gasteiger partial charge in [0.1, 0.15) is 11.1 Å². The summed E-state index contributed by atoms with van der Waals surface area (Å²) in [5, 5.41) is 0.466. The highest BCUT2D eigenvalue weighted by molar-refractivity contribution is 5.86. The van der Waals surface area contributed by atoms with E-state index in [-0.39, 0.29) is 11.2 Å². The molecule has 0 aromatic carbocycles. The minimum atomic E-state index is -0.381. The van der Waals surface area contributed by atoms with Crippen LogP contribution in [0.5, 0.6) is 0 Å². The number of aryl methyl sites for hydroxylation is 1. The van der Waals surface area contributed by atoms with Gasteiger partial charge in [0, 0.05) is 26.1 Å². The summed E-state index contributed by atoms with van der Waals surface area (Å²) in [5.41, 5.74) is 2.82. The molecule has 0 atom stereocenters. The van der Waals surface area contributed by atoms with Crippen LogP contribution >= 0.6 is 0 Å². The van der Waals surface area contributed by atoms with E-state index in [0.29, 0.717) is 17.5 Å². The molecule has 4 rings (SSSR count). The van der Waals surface area contributed by atoms with Crippen molar-refractivity contribution >= 4 is 17.2 Å². The molecule has 116 valence electrons. The van der Waals surface area contributed by atoms with Gasteiger partial charge in [-0.15, -0.1) is 0 Å². The van der Waals surface area contributed by atoms with Crippen LogP contribution in [0.1, 0.15) is 17.7 Å². The largest absolute Gasteiger partial charge is 0.443 e. The lowest BCUT2D eigenvalue weighted by Crippen LogP contribution is -2.36. The Morgan fingerprint density at radius 2 is 1.78 bits per heavy atom. The van der Waals surface area contributed by atoms with E-state index in [0.717, 1.165) is 22.3 Å². The summed E-state index contributed by atoms with van der Waals surface area (Å²) in [5.74, 6) is 0.732. The van der Waals surface area contributed by atoms with Crippen LogP contribution in [0.15, 0.2) is 55.5 Å². The Balaban J connectivity index is 2.10. The molecule has 0 saturated carbocycles. The Kier molecular flexibility index (Phi) is 2.91. The molecule has 2 aromatic heterocycles. The normalized spacial score (nSPS) is 16.4. The SMILES string of the molecule is Cn1c(=O)c2c3c(oc2n(C)c1=O)CC1=CC=CC=C(C=C3)C1. The predicted octanol–water partition coefficient (Wildman–Crippen LogP) is 2.21. The van der Waals surface area contributed by atoms with Crippen LogP contribution in [0.3, 0.4) is 0 Å². The molecule has 0 fully saturated rings. The lowest BCUT2D eigenvalue weighted by atomic mass is 9.96. The molecule has 2 aromatic rings. The van der Waals surface area contributed by atoms with Crippen molar-refractivity contribution in [2.75, 3.05) is 0 Å². The Bertz CT molecular complexity index is 1070. The molecule has 0 unspecified atom stereocenters. The van der Waals surface area contributed by atoms with Gasteiger partial charge in [-0.2, -0.15) is 0 Å². The van der Waals surface area contributed by atoms with E-state index in [4.69, 9.17) is 4.42 Å². The molecule has 0 amide bonds. The molecule has 23 heavy (non-hydrogen) atoms. The molecule has 0 aliphatic heterocycles. The summed E-state index contributed by atoms with van der Waals surface area (Å²) in [6.45, 7) is 0. The maximum absolute atomic E-state index is 12.6. The van der Waals surface area contributed by atoms with Crippen molar-refractivity contribution in [3.8, 4) is 0 Å². The third-order valence-corrected chi connectivity index (χ3v) is 4.44. The van der Waals surface area contributed by atoms with Crippen molar-refractivity contribution in [1.82, 2.24) is 9.13 Å². The standard InChI is InChI=1S/C18H16N2O3/c1-19-16(21)15-13-8-7-11-5-3-4-6-12(9-11)10-14(13)23-17(15)20(2)18(19)22/h3-8H,9-10H2,1-2H3. The van der Waals surface area contributed by atoms with Crippen LogP contribution < -0.4 is 11.2 Å². The Hall–Kier alpha value is -2.82. The second kappa shape index (κ2) is 4.84. The average molecular weight is 308 g/mol. The van der Waals surface area contributed by atoms with Crippen LogP contribution in [0.2, 0.25) is 0 Å². The van der Waals surface area contributed by atoms with E-state index in [1.54, 1.807) is 7.05 Å². The van der Waals surface area contributed by atoms with Crippen molar-refractivity contribution in [1.29, 1.82) is 0 Å². The summed E-state index contributed by atoms with van der Waals surface area (Å²) < 4.78 is 8.43. The first-order chi connectivity index (χ1) is 11.1. The van der Waals surface area contributed by atoms with Crippen LogP contribution in [-0.4, -0.2) is 9.13 Å². The molecule has 5 heteroatoms. The number of nitrogens with zero attached hydrogens (tertiary/aromatic N) is 2. The zero-order valence-electron chi connectivity index (χ0n) is 13.0. The first-order valence-corrected chi connectivity index (χ1v) is 7.51. The molecule has 0 N–H and O–H groups in total. The van der Waals surface area contributed by atoms with E-state index < -0.39 is 0 Å². The van der Waals surface area contributed by atoms with Gasteiger partial charge in [0.05, 0.1) is 0 Å². The highest BCUT2D eigenvalue weighted by Gasteiger charge is 2.22. The van der Waals surface area contributed by atoms with Gasteiger partial charge in [0.25, 0.3) is 5.56 Å². The molecule has 0 spiro atoms. The third-order valence-electron chi connectivity index (χ3n) is 4.44. The van der Waals surface area contributed by atoms with Crippen molar-refractivity contribution in [3.05, 3.63) is 73.7 Å². The molecule has 2 heterocycles. The van der Waals surface area contributed by atoms with Gasteiger partial charge in [0.15, 0.2) is 0 Å². The zero-order chi connectivity index (χ0) is 16.1. The number of hydrogen-bond acceptors (Lipinski definition) is 3. The zero-order valence-corrected chi connectivity index (χ0v) is 13.0. The maximum Gasteiger partial charge on any atom is 0.333 e. The van der Waals surface area contributed by atoms with Crippen LogP contribution in [0.25, 0.3) is 17.2 Å². The summed E-state index contributed by atoms with van der Waals surface area (Å²) in [4.78, 5) is 24.7.